The predicted molar refractivity (Wildman–Crippen MR) is 86.2 cm³/mol. The first-order chi connectivity index (χ1) is 10.2. The number of nitrogens with zero attached hydrogens (tertiary/aromatic N) is 1. The monoisotopic (exact) mass is 290 g/mol. The molecule has 0 aromatic carbocycles. The van der Waals surface area contributed by atoms with E-state index in [4.69, 9.17) is 4.42 Å². The van der Waals surface area contributed by atoms with Crippen molar-refractivity contribution in [1.29, 1.82) is 0 Å². The quantitative estimate of drug-likeness (QED) is 0.710. The third-order valence-electron chi connectivity index (χ3n) is 4.84. The molecule has 3 heteroatoms. The molecule has 1 aromatic rings. The van der Waals surface area contributed by atoms with Crippen LogP contribution in [-0.4, -0.2) is 30.1 Å². The van der Waals surface area contributed by atoms with E-state index in [1.54, 1.807) is 6.26 Å². The molecule has 0 saturated heterocycles. The van der Waals surface area contributed by atoms with E-state index in [2.05, 4.69) is 30.1 Å². The number of hydrogen-bond donors (Lipinski definition) is 1. The second kappa shape index (κ2) is 6.53. The molecule has 2 aliphatic rings. The normalized spacial score (nSPS) is 21.7. The standard InChI is InChI=1S/C18H30N2O/c1-3-10-18(2,13-19-15-6-7-15)14-20(16-8-9-16)12-17-5-4-11-21-17/h4-5,11,15-16,19H,3,6-10,12-14H2,1-2H3. The van der Waals surface area contributed by atoms with Crippen LogP contribution >= 0.6 is 0 Å². The molecule has 1 unspecified atom stereocenters. The molecule has 1 atom stereocenters. The smallest absolute Gasteiger partial charge is 0.117 e. The molecule has 3 rings (SSSR count). The summed E-state index contributed by atoms with van der Waals surface area (Å²) in [5.41, 5.74) is 0.381. The van der Waals surface area contributed by atoms with Crippen molar-refractivity contribution in [3.05, 3.63) is 24.2 Å². The van der Waals surface area contributed by atoms with Crippen LogP contribution in [0, 0.1) is 5.41 Å². The van der Waals surface area contributed by atoms with Gasteiger partial charge in [0.05, 0.1) is 12.8 Å². The average molecular weight is 290 g/mol. The zero-order valence-corrected chi connectivity index (χ0v) is 13.6. The minimum Gasteiger partial charge on any atom is -0.468 e. The molecule has 2 saturated carbocycles. The van der Waals surface area contributed by atoms with Gasteiger partial charge in [0.2, 0.25) is 0 Å². The average Bonchev–Trinajstić information content (AvgIpc) is 3.37. The Bertz CT molecular complexity index is 422. The topological polar surface area (TPSA) is 28.4 Å². The molecule has 118 valence electrons. The summed E-state index contributed by atoms with van der Waals surface area (Å²) in [5, 5.41) is 3.76. The number of rotatable bonds is 10. The molecule has 3 nitrogen and oxygen atoms in total. The van der Waals surface area contributed by atoms with Gasteiger partial charge in [0, 0.05) is 25.2 Å². The Labute approximate surface area is 129 Å². The summed E-state index contributed by atoms with van der Waals surface area (Å²) >= 11 is 0. The first-order valence-electron chi connectivity index (χ1n) is 8.68. The molecule has 0 bridgehead atoms. The lowest BCUT2D eigenvalue weighted by Gasteiger charge is -2.36. The maximum absolute atomic E-state index is 5.57. The van der Waals surface area contributed by atoms with Crippen LogP contribution in [0.25, 0.3) is 0 Å². The SMILES string of the molecule is CCCC(C)(CNC1CC1)CN(Cc1ccco1)C1CC1. The fourth-order valence-electron chi connectivity index (χ4n) is 3.35. The van der Waals surface area contributed by atoms with Crippen LogP contribution in [0.3, 0.4) is 0 Å². The molecule has 0 aliphatic heterocycles. The second-order valence-electron chi connectivity index (χ2n) is 7.43. The summed E-state index contributed by atoms with van der Waals surface area (Å²) in [6, 6.07) is 5.70. The summed E-state index contributed by atoms with van der Waals surface area (Å²) < 4.78 is 5.57. The van der Waals surface area contributed by atoms with Crippen LogP contribution in [0.15, 0.2) is 22.8 Å². The largest absolute Gasteiger partial charge is 0.468 e. The fraction of sp³-hybridized carbons (Fsp3) is 0.778. The zero-order chi connectivity index (χ0) is 14.7. The minimum absolute atomic E-state index is 0.381. The Morgan fingerprint density at radius 1 is 1.33 bits per heavy atom. The van der Waals surface area contributed by atoms with Crippen LogP contribution in [0.4, 0.5) is 0 Å². The highest BCUT2D eigenvalue weighted by molar-refractivity contribution is 5.01. The van der Waals surface area contributed by atoms with Gasteiger partial charge in [-0.1, -0.05) is 20.3 Å². The van der Waals surface area contributed by atoms with E-state index in [0.717, 1.165) is 30.9 Å². The third-order valence-corrected chi connectivity index (χ3v) is 4.84. The lowest BCUT2D eigenvalue weighted by Crippen LogP contribution is -2.43. The number of nitrogens with one attached hydrogen (secondary N) is 1. The first kappa shape index (κ1) is 15.1. The Morgan fingerprint density at radius 3 is 2.71 bits per heavy atom. The highest BCUT2D eigenvalue weighted by atomic mass is 16.3. The molecule has 1 N–H and O–H groups in total. The summed E-state index contributed by atoms with van der Waals surface area (Å²) in [4.78, 5) is 2.66. The van der Waals surface area contributed by atoms with Gasteiger partial charge in [-0.25, -0.2) is 0 Å². The zero-order valence-electron chi connectivity index (χ0n) is 13.6. The van der Waals surface area contributed by atoms with Crippen molar-refractivity contribution in [3.8, 4) is 0 Å². The van der Waals surface area contributed by atoms with Crippen LogP contribution in [-0.2, 0) is 6.54 Å². The molecule has 2 fully saturated rings. The van der Waals surface area contributed by atoms with Crippen LogP contribution < -0.4 is 5.32 Å². The Balaban J connectivity index is 1.59. The van der Waals surface area contributed by atoms with Gasteiger partial charge in [-0.2, -0.15) is 0 Å². The van der Waals surface area contributed by atoms with Crippen LogP contribution in [0.5, 0.6) is 0 Å². The highest BCUT2D eigenvalue weighted by Crippen LogP contribution is 2.34. The second-order valence-corrected chi connectivity index (χ2v) is 7.43. The van der Waals surface area contributed by atoms with E-state index < -0.39 is 0 Å². The minimum atomic E-state index is 0.381. The summed E-state index contributed by atoms with van der Waals surface area (Å²) in [7, 11) is 0. The van der Waals surface area contributed by atoms with Crippen molar-refractivity contribution in [2.24, 2.45) is 5.41 Å². The fourth-order valence-corrected chi connectivity index (χ4v) is 3.35. The summed E-state index contributed by atoms with van der Waals surface area (Å²) in [6.07, 6.45) is 9.83. The molecule has 1 aromatic heterocycles. The maximum Gasteiger partial charge on any atom is 0.117 e. The van der Waals surface area contributed by atoms with Crippen molar-refractivity contribution in [2.45, 2.75) is 71.0 Å². The molecule has 21 heavy (non-hydrogen) atoms. The van der Waals surface area contributed by atoms with E-state index in [1.807, 2.05) is 6.07 Å². The number of furan rings is 1. The van der Waals surface area contributed by atoms with Gasteiger partial charge in [0.25, 0.3) is 0 Å². The molecule has 2 aliphatic carbocycles. The number of hydrogen-bond acceptors (Lipinski definition) is 3. The molecule has 0 spiro atoms. The molecular weight excluding hydrogens is 260 g/mol. The first-order valence-corrected chi connectivity index (χ1v) is 8.68. The maximum atomic E-state index is 5.57. The molecule has 0 radical (unpaired) electrons. The van der Waals surface area contributed by atoms with Crippen molar-refractivity contribution >= 4 is 0 Å². The summed E-state index contributed by atoms with van der Waals surface area (Å²) in [5.74, 6) is 1.11. The van der Waals surface area contributed by atoms with Crippen molar-refractivity contribution in [1.82, 2.24) is 10.2 Å². The van der Waals surface area contributed by atoms with Gasteiger partial charge in [0.1, 0.15) is 5.76 Å². The predicted octanol–water partition coefficient (Wildman–Crippen LogP) is 3.80. The Kier molecular flexibility index (Phi) is 4.70. The lowest BCUT2D eigenvalue weighted by molar-refractivity contribution is 0.129. The third kappa shape index (κ3) is 4.58. The van der Waals surface area contributed by atoms with Crippen LogP contribution in [0.1, 0.15) is 58.1 Å². The van der Waals surface area contributed by atoms with Gasteiger partial charge in [0.15, 0.2) is 0 Å². The highest BCUT2D eigenvalue weighted by Gasteiger charge is 2.36. The van der Waals surface area contributed by atoms with E-state index >= 15 is 0 Å². The summed E-state index contributed by atoms with van der Waals surface area (Å²) in [6.45, 7) is 8.09. The van der Waals surface area contributed by atoms with E-state index in [-0.39, 0.29) is 0 Å². The molecular formula is C18H30N2O. The van der Waals surface area contributed by atoms with Crippen molar-refractivity contribution in [2.75, 3.05) is 13.1 Å². The molecule has 0 amide bonds. The van der Waals surface area contributed by atoms with E-state index in [0.29, 0.717) is 5.41 Å². The lowest BCUT2D eigenvalue weighted by atomic mass is 9.84. The van der Waals surface area contributed by atoms with Gasteiger partial charge in [-0.3, -0.25) is 4.90 Å². The molecule has 1 heterocycles. The Morgan fingerprint density at radius 2 is 2.14 bits per heavy atom. The van der Waals surface area contributed by atoms with E-state index in [1.165, 1.54) is 45.1 Å². The van der Waals surface area contributed by atoms with E-state index in [9.17, 15) is 0 Å². The van der Waals surface area contributed by atoms with Crippen LogP contribution in [0.2, 0.25) is 0 Å². The van der Waals surface area contributed by atoms with Gasteiger partial charge >= 0.3 is 0 Å². The van der Waals surface area contributed by atoms with Crippen molar-refractivity contribution in [3.63, 3.8) is 0 Å². The van der Waals surface area contributed by atoms with Crippen molar-refractivity contribution < 1.29 is 4.42 Å². The van der Waals surface area contributed by atoms with Gasteiger partial charge < -0.3 is 9.73 Å². The van der Waals surface area contributed by atoms with Gasteiger partial charge in [-0.05, 0) is 49.7 Å². The Hall–Kier alpha value is -0.800. The van der Waals surface area contributed by atoms with Gasteiger partial charge in [-0.15, -0.1) is 0 Å².